The van der Waals surface area contributed by atoms with Crippen LogP contribution in [-0.4, -0.2) is 16.3 Å². The summed E-state index contributed by atoms with van der Waals surface area (Å²) in [6, 6.07) is 8.66. The van der Waals surface area contributed by atoms with Crippen molar-refractivity contribution in [2.24, 2.45) is 0 Å². The average Bonchev–Trinajstić information content (AvgIpc) is 2.67. The quantitative estimate of drug-likeness (QED) is 0.497. The van der Waals surface area contributed by atoms with Crippen LogP contribution in [0.3, 0.4) is 0 Å². The first-order chi connectivity index (χ1) is 12.9. The molecule has 1 heterocycles. The van der Waals surface area contributed by atoms with Crippen molar-refractivity contribution in [3.05, 3.63) is 52.9 Å². The van der Waals surface area contributed by atoms with Crippen molar-refractivity contribution in [2.45, 2.75) is 70.8 Å². The first kappa shape index (κ1) is 21.7. The zero-order valence-corrected chi connectivity index (χ0v) is 18.4. The smallest absolute Gasteiger partial charge is 0.0706 e. The van der Waals surface area contributed by atoms with E-state index in [-0.39, 0.29) is 12.5 Å². The predicted molar refractivity (Wildman–Crippen MR) is 119 cm³/mol. The number of benzene rings is 1. The van der Waals surface area contributed by atoms with Gasteiger partial charge in [0, 0.05) is 21.7 Å². The van der Waals surface area contributed by atoms with Crippen LogP contribution in [0.1, 0.15) is 81.8 Å². The highest BCUT2D eigenvalue weighted by Crippen LogP contribution is 2.38. The highest BCUT2D eigenvalue weighted by Gasteiger charge is 2.22. The van der Waals surface area contributed by atoms with Crippen molar-refractivity contribution >= 4 is 17.8 Å². The van der Waals surface area contributed by atoms with Gasteiger partial charge in [-0.05, 0) is 47.8 Å². The second-order valence-electron chi connectivity index (χ2n) is 7.54. The number of allylic oxidation sites excluding steroid dienone is 1. The summed E-state index contributed by atoms with van der Waals surface area (Å²) in [6.07, 6.45) is 8.71. The van der Waals surface area contributed by atoms with Gasteiger partial charge in [0.2, 0.25) is 0 Å². The second kappa shape index (κ2) is 10.1. The van der Waals surface area contributed by atoms with Gasteiger partial charge in [-0.25, -0.2) is 0 Å². The third-order valence-corrected chi connectivity index (χ3v) is 5.51. The molecule has 0 bridgehead atoms. The third kappa shape index (κ3) is 5.03. The number of aliphatic hydroxyl groups is 1. The lowest BCUT2D eigenvalue weighted by Gasteiger charge is -2.23. The minimum atomic E-state index is 0.00706. The lowest BCUT2D eigenvalue weighted by atomic mass is 9.87. The summed E-state index contributed by atoms with van der Waals surface area (Å²) in [5, 5.41) is 10.3. The molecule has 0 aliphatic heterocycles. The van der Waals surface area contributed by atoms with E-state index < -0.39 is 0 Å². The third-order valence-electron chi connectivity index (χ3n) is 4.77. The number of aliphatic hydroxyl groups excluding tert-OH is 1. The van der Waals surface area contributed by atoms with E-state index in [1.165, 1.54) is 4.90 Å². The number of nitrogens with zero attached hydrogens (tertiary/aromatic N) is 1. The molecule has 1 aromatic heterocycles. The summed E-state index contributed by atoms with van der Waals surface area (Å²) in [5.74, 6) is 0.586. The minimum absolute atomic E-state index is 0.00706. The molecule has 0 unspecified atom stereocenters. The van der Waals surface area contributed by atoms with Crippen LogP contribution in [0.4, 0.5) is 0 Å². The molecule has 0 radical (unpaired) electrons. The first-order valence-electron chi connectivity index (χ1n) is 9.92. The van der Waals surface area contributed by atoms with Crippen molar-refractivity contribution in [3.63, 3.8) is 0 Å². The Morgan fingerprint density at radius 1 is 1.04 bits per heavy atom. The number of hydrogen-bond acceptors (Lipinski definition) is 3. The summed E-state index contributed by atoms with van der Waals surface area (Å²) in [5.41, 5.74) is 6.54. The summed E-state index contributed by atoms with van der Waals surface area (Å²) in [7, 11) is 0. The minimum Gasteiger partial charge on any atom is -0.392 e. The monoisotopic (exact) mass is 383 g/mol. The molecule has 0 aliphatic rings. The molecule has 0 amide bonds. The molecular weight excluding hydrogens is 350 g/mol. The van der Waals surface area contributed by atoms with Crippen LogP contribution < -0.4 is 0 Å². The zero-order chi connectivity index (χ0) is 20.0. The maximum absolute atomic E-state index is 10.3. The number of hydrogen-bond donors (Lipinski definition) is 1. The molecular formula is C24H33NOS. The zero-order valence-electron chi connectivity index (χ0n) is 17.5. The number of thioether (sulfide) groups is 1. The van der Waals surface area contributed by atoms with Crippen molar-refractivity contribution in [3.8, 4) is 11.1 Å². The van der Waals surface area contributed by atoms with Crippen molar-refractivity contribution < 1.29 is 5.11 Å². The van der Waals surface area contributed by atoms with E-state index in [1.807, 2.05) is 0 Å². The highest BCUT2D eigenvalue weighted by molar-refractivity contribution is 7.98. The van der Waals surface area contributed by atoms with Crippen LogP contribution in [0.25, 0.3) is 17.2 Å². The standard InChI is InChI=1S/C24H33NOS/c1-7-8-9-10-20-22(18-11-13-19(27-6)14-12-18)21(15-26)24(17(4)5)25-23(20)16(2)3/h9-14,16-17,26H,7-8,15H2,1-6H3. The van der Waals surface area contributed by atoms with Gasteiger partial charge in [-0.2, -0.15) is 0 Å². The Balaban J connectivity index is 2.84. The van der Waals surface area contributed by atoms with Crippen molar-refractivity contribution in [1.82, 2.24) is 4.98 Å². The Morgan fingerprint density at radius 2 is 1.67 bits per heavy atom. The van der Waals surface area contributed by atoms with Crippen molar-refractivity contribution in [1.29, 1.82) is 0 Å². The van der Waals surface area contributed by atoms with Crippen LogP contribution >= 0.6 is 11.8 Å². The Labute approximate surface area is 169 Å². The van der Waals surface area contributed by atoms with E-state index in [0.717, 1.165) is 46.5 Å². The topological polar surface area (TPSA) is 33.1 Å². The highest BCUT2D eigenvalue weighted by atomic mass is 32.2. The summed E-state index contributed by atoms with van der Waals surface area (Å²) in [6.45, 7) is 10.9. The maximum Gasteiger partial charge on any atom is 0.0706 e. The molecule has 27 heavy (non-hydrogen) atoms. The number of rotatable bonds is 8. The van der Waals surface area contributed by atoms with Crippen LogP contribution in [0.15, 0.2) is 35.2 Å². The van der Waals surface area contributed by atoms with Crippen LogP contribution in [0, 0.1) is 0 Å². The normalized spacial score (nSPS) is 11.9. The van der Waals surface area contributed by atoms with Crippen LogP contribution in [0.2, 0.25) is 0 Å². The Hall–Kier alpha value is -1.58. The molecule has 2 nitrogen and oxygen atoms in total. The van der Waals surface area contributed by atoms with Gasteiger partial charge in [-0.1, -0.05) is 65.3 Å². The molecule has 0 saturated carbocycles. The molecule has 0 atom stereocenters. The van der Waals surface area contributed by atoms with Gasteiger partial charge < -0.3 is 5.11 Å². The first-order valence-corrected chi connectivity index (χ1v) is 11.1. The van der Waals surface area contributed by atoms with Gasteiger partial charge in [0.15, 0.2) is 0 Å². The van der Waals surface area contributed by atoms with Crippen molar-refractivity contribution in [2.75, 3.05) is 6.26 Å². The van der Waals surface area contributed by atoms with E-state index in [9.17, 15) is 5.11 Å². The second-order valence-corrected chi connectivity index (χ2v) is 8.42. The fraction of sp³-hybridized carbons (Fsp3) is 0.458. The molecule has 1 aromatic carbocycles. The number of aromatic nitrogens is 1. The number of pyridine rings is 1. The molecule has 2 aromatic rings. The predicted octanol–water partition coefficient (Wildman–Crippen LogP) is 7.02. The van der Waals surface area contributed by atoms with Gasteiger partial charge in [0.25, 0.3) is 0 Å². The average molecular weight is 384 g/mol. The molecule has 0 fully saturated rings. The SMILES string of the molecule is CCCC=Cc1c(C(C)C)nc(C(C)C)c(CO)c1-c1ccc(SC)cc1. The molecule has 2 rings (SSSR count). The lowest BCUT2D eigenvalue weighted by Crippen LogP contribution is -2.10. The molecule has 1 N–H and O–H groups in total. The maximum atomic E-state index is 10.3. The molecule has 0 saturated heterocycles. The molecule has 0 spiro atoms. The Kier molecular flexibility index (Phi) is 8.12. The van der Waals surface area contributed by atoms with E-state index in [0.29, 0.717) is 5.92 Å². The molecule has 3 heteroatoms. The van der Waals surface area contributed by atoms with Gasteiger partial charge in [-0.3, -0.25) is 4.98 Å². The van der Waals surface area contributed by atoms with Crippen LogP contribution in [-0.2, 0) is 6.61 Å². The van der Waals surface area contributed by atoms with Gasteiger partial charge in [0.05, 0.1) is 12.3 Å². The van der Waals surface area contributed by atoms with Gasteiger partial charge in [-0.15, -0.1) is 11.8 Å². The summed E-state index contributed by atoms with van der Waals surface area (Å²) >= 11 is 1.74. The Bertz CT molecular complexity index is 776. The van der Waals surface area contributed by atoms with E-state index >= 15 is 0 Å². The molecule has 146 valence electrons. The van der Waals surface area contributed by atoms with E-state index in [2.05, 4.69) is 77.3 Å². The van der Waals surface area contributed by atoms with E-state index in [4.69, 9.17) is 4.98 Å². The van der Waals surface area contributed by atoms with E-state index in [1.54, 1.807) is 11.8 Å². The lowest BCUT2D eigenvalue weighted by molar-refractivity contribution is 0.280. The fourth-order valence-electron chi connectivity index (χ4n) is 3.38. The Morgan fingerprint density at radius 3 is 2.15 bits per heavy atom. The van der Waals surface area contributed by atoms with Gasteiger partial charge >= 0.3 is 0 Å². The van der Waals surface area contributed by atoms with Crippen LogP contribution in [0.5, 0.6) is 0 Å². The molecule has 0 aliphatic carbocycles. The number of unbranched alkanes of at least 4 members (excludes halogenated alkanes) is 1. The summed E-state index contributed by atoms with van der Waals surface area (Å²) < 4.78 is 0. The fourth-order valence-corrected chi connectivity index (χ4v) is 3.79. The summed E-state index contributed by atoms with van der Waals surface area (Å²) in [4.78, 5) is 6.27. The van der Waals surface area contributed by atoms with Gasteiger partial charge in [0.1, 0.15) is 0 Å². The largest absolute Gasteiger partial charge is 0.392 e.